The molecule has 0 aromatic carbocycles. The summed E-state index contributed by atoms with van der Waals surface area (Å²) in [6.45, 7) is 4.12. The van der Waals surface area contributed by atoms with E-state index in [1.165, 1.54) is 25.5 Å². The van der Waals surface area contributed by atoms with Crippen LogP contribution >= 0.6 is 0 Å². The van der Waals surface area contributed by atoms with Crippen molar-refractivity contribution >= 4 is 5.78 Å². The minimum Gasteiger partial charge on any atom is -0.291 e. The summed E-state index contributed by atoms with van der Waals surface area (Å²) in [7, 11) is 0. The SMILES string of the molecule is CC(=O)c1nnnn1CC(C)(C)F. The van der Waals surface area contributed by atoms with Crippen LogP contribution in [0.25, 0.3) is 0 Å². The van der Waals surface area contributed by atoms with Gasteiger partial charge in [0.1, 0.15) is 5.67 Å². The average molecular weight is 186 g/mol. The predicted octanol–water partition coefficient (Wildman–Crippen LogP) is 0.624. The van der Waals surface area contributed by atoms with Crippen molar-refractivity contribution in [2.24, 2.45) is 0 Å². The zero-order valence-corrected chi connectivity index (χ0v) is 7.78. The quantitative estimate of drug-likeness (QED) is 0.649. The molecular weight excluding hydrogens is 175 g/mol. The van der Waals surface area contributed by atoms with E-state index in [-0.39, 0.29) is 18.2 Å². The lowest BCUT2D eigenvalue weighted by molar-refractivity contribution is 0.0990. The van der Waals surface area contributed by atoms with Gasteiger partial charge < -0.3 is 0 Å². The molecule has 0 fully saturated rings. The molecule has 1 heterocycles. The van der Waals surface area contributed by atoms with Crippen molar-refractivity contribution in [3.05, 3.63) is 5.82 Å². The third-order valence-corrected chi connectivity index (χ3v) is 1.37. The van der Waals surface area contributed by atoms with Gasteiger partial charge in [0, 0.05) is 6.92 Å². The highest BCUT2D eigenvalue weighted by atomic mass is 19.1. The number of hydrogen-bond acceptors (Lipinski definition) is 4. The highest BCUT2D eigenvalue weighted by Crippen LogP contribution is 2.11. The predicted molar refractivity (Wildman–Crippen MR) is 43.0 cm³/mol. The smallest absolute Gasteiger partial charge is 0.217 e. The molecule has 0 N–H and O–H groups in total. The molecule has 0 aliphatic rings. The molecule has 0 radical (unpaired) electrons. The molecule has 72 valence electrons. The van der Waals surface area contributed by atoms with Crippen molar-refractivity contribution in [3.63, 3.8) is 0 Å². The van der Waals surface area contributed by atoms with Crippen LogP contribution in [0.5, 0.6) is 0 Å². The lowest BCUT2D eigenvalue weighted by atomic mass is 10.2. The molecule has 0 amide bonds. The van der Waals surface area contributed by atoms with Gasteiger partial charge in [-0.1, -0.05) is 0 Å². The monoisotopic (exact) mass is 186 g/mol. The van der Waals surface area contributed by atoms with Crippen molar-refractivity contribution < 1.29 is 9.18 Å². The van der Waals surface area contributed by atoms with Gasteiger partial charge in [-0.2, -0.15) is 0 Å². The first kappa shape index (κ1) is 9.76. The third kappa shape index (κ3) is 2.57. The van der Waals surface area contributed by atoms with Crippen LogP contribution in [0.2, 0.25) is 0 Å². The Morgan fingerprint density at radius 2 is 2.23 bits per heavy atom. The van der Waals surface area contributed by atoms with Crippen molar-refractivity contribution in [2.45, 2.75) is 33.0 Å². The summed E-state index contributed by atoms with van der Waals surface area (Å²) in [6, 6.07) is 0. The summed E-state index contributed by atoms with van der Waals surface area (Å²) in [6.07, 6.45) is 0. The number of carbonyl (C=O) groups is 1. The van der Waals surface area contributed by atoms with Gasteiger partial charge in [0.15, 0.2) is 5.78 Å². The second-order valence-corrected chi connectivity index (χ2v) is 3.44. The number of ketones is 1. The molecule has 0 bridgehead atoms. The van der Waals surface area contributed by atoms with E-state index in [9.17, 15) is 9.18 Å². The van der Waals surface area contributed by atoms with Gasteiger partial charge in [0.25, 0.3) is 0 Å². The summed E-state index contributed by atoms with van der Waals surface area (Å²) in [4.78, 5) is 10.9. The number of hydrogen-bond donors (Lipinski definition) is 0. The van der Waals surface area contributed by atoms with Crippen LogP contribution in [-0.4, -0.2) is 31.7 Å². The number of rotatable bonds is 3. The first-order valence-corrected chi connectivity index (χ1v) is 3.86. The Labute approximate surface area is 74.9 Å². The average Bonchev–Trinajstić information content (AvgIpc) is 2.31. The number of tetrazole rings is 1. The van der Waals surface area contributed by atoms with Crippen molar-refractivity contribution in [3.8, 4) is 0 Å². The van der Waals surface area contributed by atoms with Crippen LogP contribution < -0.4 is 0 Å². The highest BCUT2D eigenvalue weighted by molar-refractivity contribution is 5.90. The maximum atomic E-state index is 13.2. The molecule has 6 heteroatoms. The van der Waals surface area contributed by atoms with Crippen molar-refractivity contribution in [1.29, 1.82) is 0 Å². The lowest BCUT2D eigenvalue weighted by Crippen LogP contribution is -2.24. The van der Waals surface area contributed by atoms with Crippen LogP contribution in [0.4, 0.5) is 4.39 Å². The van der Waals surface area contributed by atoms with E-state index in [1.807, 2.05) is 0 Å². The van der Waals surface area contributed by atoms with E-state index >= 15 is 0 Å². The first-order chi connectivity index (χ1) is 5.90. The number of Topliss-reactive ketones (excluding diaryl/α,β-unsaturated/α-hetero) is 1. The normalized spacial score (nSPS) is 11.7. The van der Waals surface area contributed by atoms with E-state index in [0.29, 0.717) is 0 Å². The molecule has 0 spiro atoms. The maximum absolute atomic E-state index is 13.2. The van der Waals surface area contributed by atoms with Gasteiger partial charge in [-0.25, -0.2) is 9.07 Å². The van der Waals surface area contributed by atoms with E-state index in [1.54, 1.807) is 0 Å². The molecule has 1 aromatic heterocycles. The summed E-state index contributed by atoms with van der Waals surface area (Å²) in [5.74, 6) is -0.181. The zero-order valence-electron chi connectivity index (χ0n) is 7.78. The number of alkyl halides is 1. The molecule has 5 nitrogen and oxygen atoms in total. The molecule has 0 saturated carbocycles. The Morgan fingerprint density at radius 1 is 1.62 bits per heavy atom. The largest absolute Gasteiger partial charge is 0.291 e. The summed E-state index contributed by atoms with van der Waals surface area (Å²) in [5.41, 5.74) is -1.43. The summed E-state index contributed by atoms with van der Waals surface area (Å²) >= 11 is 0. The Balaban J connectivity index is 2.89. The molecular formula is C7H11FN4O. The fourth-order valence-corrected chi connectivity index (χ4v) is 0.919. The topological polar surface area (TPSA) is 60.7 Å². The fourth-order valence-electron chi connectivity index (χ4n) is 0.919. The van der Waals surface area contributed by atoms with E-state index in [2.05, 4.69) is 15.5 Å². The van der Waals surface area contributed by atoms with Crippen LogP contribution in [0.3, 0.4) is 0 Å². The number of halogens is 1. The minimum atomic E-state index is -1.43. The molecule has 1 aromatic rings. The van der Waals surface area contributed by atoms with E-state index < -0.39 is 5.67 Å². The molecule has 1 rings (SSSR count). The Kier molecular flexibility index (Phi) is 2.40. The van der Waals surface area contributed by atoms with Gasteiger partial charge in [0.05, 0.1) is 6.54 Å². The molecule has 0 unspecified atom stereocenters. The van der Waals surface area contributed by atoms with Gasteiger partial charge in [0.2, 0.25) is 5.82 Å². The van der Waals surface area contributed by atoms with Crippen LogP contribution in [0.1, 0.15) is 31.4 Å². The van der Waals surface area contributed by atoms with Crippen LogP contribution in [0.15, 0.2) is 0 Å². The van der Waals surface area contributed by atoms with Gasteiger partial charge >= 0.3 is 0 Å². The first-order valence-electron chi connectivity index (χ1n) is 3.86. The highest BCUT2D eigenvalue weighted by Gasteiger charge is 2.21. The van der Waals surface area contributed by atoms with Crippen LogP contribution in [0, 0.1) is 0 Å². The Bertz CT molecular complexity index is 315. The van der Waals surface area contributed by atoms with Gasteiger partial charge in [-0.15, -0.1) is 5.10 Å². The number of carbonyl (C=O) groups excluding carboxylic acids is 1. The summed E-state index contributed by atoms with van der Waals surface area (Å²) in [5, 5.41) is 10.3. The zero-order chi connectivity index (χ0) is 10.1. The fraction of sp³-hybridized carbons (Fsp3) is 0.714. The van der Waals surface area contributed by atoms with Gasteiger partial charge in [-0.3, -0.25) is 4.79 Å². The Morgan fingerprint density at radius 3 is 2.69 bits per heavy atom. The second-order valence-electron chi connectivity index (χ2n) is 3.44. The Hall–Kier alpha value is -1.33. The number of aromatic nitrogens is 4. The van der Waals surface area contributed by atoms with E-state index in [0.717, 1.165) is 0 Å². The van der Waals surface area contributed by atoms with Crippen molar-refractivity contribution in [2.75, 3.05) is 0 Å². The third-order valence-electron chi connectivity index (χ3n) is 1.37. The maximum Gasteiger partial charge on any atom is 0.217 e. The van der Waals surface area contributed by atoms with Crippen molar-refractivity contribution in [1.82, 2.24) is 20.2 Å². The molecule has 0 saturated heterocycles. The molecule has 0 aliphatic heterocycles. The number of nitrogens with zero attached hydrogens (tertiary/aromatic N) is 4. The van der Waals surface area contributed by atoms with Gasteiger partial charge in [-0.05, 0) is 24.3 Å². The standard InChI is InChI=1S/C7H11FN4O/c1-5(13)6-9-10-11-12(6)4-7(2,3)8/h4H2,1-3H3. The van der Waals surface area contributed by atoms with Crippen LogP contribution in [-0.2, 0) is 6.54 Å². The minimum absolute atomic E-state index is 0.0189. The lowest BCUT2D eigenvalue weighted by Gasteiger charge is -2.13. The molecule has 0 aliphatic carbocycles. The summed E-state index contributed by atoms with van der Waals surface area (Å²) < 4.78 is 14.3. The second kappa shape index (κ2) is 3.20. The molecule has 0 atom stereocenters. The van der Waals surface area contributed by atoms with E-state index in [4.69, 9.17) is 0 Å². The molecule has 13 heavy (non-hydrogen) atoms.